The van der Waals surface area contributed by atoms with E-state index in [0.717, 1.165) is 11.2 Å². The second-order valence-electron chi connectivity index (χ2n) is 13.9. The molecule has 1 saturated carbocycles. The summed E-state index contributed by atoms with van der Waals surface area (Å²) in [4.78, 5) is 5.11. The molecular weight excluding hydrogens is 531 g/mol. The summed E-state index contributed by atoms with van der Waals surface area (Å²) in [5.74, 6) is 0.455. The van der Waals surface area contributed by atoms with E-state index in [0.29, 0.717) is 5.92 Å². The summed E-state index contributed by atoms with van der Waals surface area (Å²) < 4.78 is 3.09. The number of hydrogen-bond acceptors (Lipinski definition) is 2. The Kier molecular flexibility index (Phi) is 7.72. The van der Waals surface area contributed by atoms with Crippen molar-refractivity contribution in [3.05, 3.63) is 90.1 Å². The third-order valence-corrected chi connectivity index (χ3v) is 18.1. The first-order chi connectivity index (χ1) is 19.7. The highest BCUT2D eigenvalue weighted by atomic mass is 32.1. The van der Waals surface area contributed by atoms with E-state index in [1.807, 2.05) is 0 Å². The molecule has 6 rings (SSSR count). The van der Waals surface area contributed by atoms with Crippen LogP contribution in [0.5, 0.6) is 0 Å². The average Bonchev–Trinajstić information content (AvgIpc) is 3.32. The number of hydrogen-bond donors (Lipinski definition) is 0. The molecule has 212 valence electrons. The summed E-state index contributed by atoms with van der Waals surface area (Å²) in [7, 11) is -2.12. The van der Waals surface area contributed by atoms with Crippen LogP contribution in [-0.4, -0.2) is 13.1 Å². The topological polar surface area (TPSA) is 12.9 Å². The average molecular weight is 576 g/mol. The Morgan fingerprint density at radius 1 is 0.878 bits per heavy atom. The Bertz CT molecular complexity index is 1670. The Morgan fingerprint density at radius 3 is 2.29 bits per heavy atom. The minimum absolute atomic E-state index is 0.258. The minimum Gasteiger partial charge on any atom is -0.255 e. The van der Waals surface area contributed by atoms with E-state index in [1.165, 1.54) is 75.7 Å². The van der Waals surface area contributed by atoms with E-state index in [9.17, 15) is 0 Å². The highest BCUT2D eigenvalue weighted by molar-refractivity contribution is 7.34. The van der Waals surface area contributed by atoms with Gasteiger partial charge in [-0.2, -0.15) is 0 Å². The van der Waals surface area contributed by atoms with Gasteiger partial charge in [-0.15, -0.1) is 11.3 Å². The van der Waals surface area contributed by atoms with Crippen LogP contribution in [0.15, 0.2) is 79.0 Å². The first-order valence-electron chi connectivity index (χ1n) is 15.7. The molecule has 1 atom stereocenters. The Morgan fingerprint density at radius 2 is 1.59 bits per heavy atom. The molecule has 41 heavy (non-hydrogen) atoms. The van der Waals surface area contributed by atoms with Crippen LogP contribution >= 0.6 is 11.3 Å². The molecular formula is C38H45NSSi. The maximum atomic E-state index is 5.11. The number of pyridine rings is 1. The molecule has 1 aliphatic carbocycles. The summed E-state index contributed by atoms with van der Waals surface area (Å²) >= 11 is 2.10. The van der Waals surface area contributed by atoms with Crippen molar-refractivity contribution >= 4 is 50.0 Å². The molecule has 5 aromatic rings. The van der Waals surface area contributed by atoms with Crippen LogP contribution < -0.4 is 9.69 Å². The minimum atomic E-state index is -2.12. The molecule has 0 N–H and O–H groups in total. The van der Waals surface area contributed by atoms with E-state index >= 15 is 0 Å². The van der Waals surface area contributed by atoms with Crippen molar-refractivity contribution in [2.75, 3.05) is 0 Å². The summed E-state index contributed by atoms with van der Waals surface area (Å²) in [5, 5.41) is 5.72. The molecule has 0 aliphatic heterocycles. The largest absolute Gasteiger partial charge is 0.255 e. The quantitative estimate of drug-likeness (QED) is 0.184. The van der Waals surface area contributed by atoms with Crippen molar-refractivity contribution < 1.29 is 0 Å². The van der Waals surface area contributed by atoms with Crippen LogP contribution in [-0.2, 0) is 0 Å². The van der Waals surface area contributed by atoms with Gasteiger partial charge in [0.15, 0.2) is 0 Å². The van der Waals surface area contributed by atoms with Gasteiger partial charge >= 0.3 is 0 Å². The molecule has 1 fully saturated rings. The van der Waals surface area contributed by atoms with Gasteiger partial charge < -0.3 is 0 Å². The maximum absolute atomic E-state index is 5.11. The van der Waals surface area contributed by atoms with Gasteiger partial charge in [0.25, 0.3) is 0 Å². The van der Waals surface area contributed by atoms with Crippen LogP contribution in [0.4, 0.5) is 0 Å². The number of fused-ring (bicyclic) bond motifs is 2. The van der Waals surface area contributed by atoms with E-state index in [-0.39, 0.29) is 5.41 Å². The molecule has 3 aromatic carbocycles. The van der Waals surface area contributed by atoms with Crippen LogP contribution in [0.25, 0.3) is 32.1 Å². The lowest BCUT2D eigenvalue weighted by Crippen LogP contribution is -2.63. The summed E-state index contributed by atoms with van der Waals surface area (Å²) in [6.07, 6.45) is 8.95. The van der Waals surface area contributed by atoms with E-state index in [1.54, 1.807) is 9.69 Å². The van der Waals surface area contributed by atoms with Gasteiger partial charge in [-0.3, -0.25) is 4.98 Å². The molecule has 1 unspecified atom stereocenters. The molecule has 0 spiro atoms. The molecule has 0 saturated heterocycles. The van der Waals surface area contributed by atoms with Crippen LogP contribution in [0, 0.1) is 12.3 Å². The molecule has 0 bridgehead atoms. The highest BCUT2D eigenvalue weighted by Crippen LogP contribution is 2.46. The van der Waals surface area contributed by atoms with Crippen LogP contribution in [0.3, 0.4) is 0 Å². The predicted molar refractivity (Wildman–Crippen MR) is 184 cm³/mol. The molecule has 3 heteroatoms. The lowest BCUT2D eigenvalue weighted by Gasteiger charge is -2.45. The van der Waals surface area contributed by atoms with Crippen molar-refractivity contribution in [3.63, 3.8) is 0 Å². The first-order valence-corrected chi connectivity index (χ1v) is 18.8. The molecule has 0 radical (unpaired) electrons. The van der Waals surface area contributed by atoms with Gasteiger partial charge in [-0.1, -0.05) is 127 Å². The van der Waals surface area contributed by atoms with Gasteiger partial charge in [-0.05, 0) is 75.3 Å². The van der Waals surface area contributed by atoms with Gasteiger partial charge in [0.2, 0.25) is 0 Å². The SMILES string of the molecule is Cc1c([Si](CC(C)(C)C)(c2ccccc2)C2CCCCC2)sc2c(-c3cc(C(C)C)c4ccccc4c3)nccc12. The number of aromatic nitrogens is 1. The first kappa shape index (κ1) is 28.4. The van der Waals surface area contributed by atoms with E-state index in [4.69, 9.17) is 4.98 Å². The second-order valence-corrected chi connectivity index (χ2v) is 19.5. The summed E-state index contributed by atoms with van der Waals surface area (Å²) in [6.45, 7) is 14.5. The van der Waals surface area contributed by atoms with Crippen molar-refractivity contribution in [2.45, 2.75) is 91.1 Å². The van der Waals surface area contributed by atoms with Crippen LogP contribution in [0.2, 0.25) is 11.6 Å². The van der Waals surface area contributed by atoms with E-state index in [2.05, 4.69) is 132 Å². The molecule has 1 nitrogen and oxygen atoms in total. The molecule has 2 heterocycles. The van der Waals surface area contributed by atoms with Gasteiger partial charge in [0, 0.05) is 16.3 Å². The maximum Gasteiger partial charge on any atom is 0.134 e. The summed E-state index contributed by atoms with van der Waals surface area (Å²) in [5.41, 5.74) is 6.39. The van der Waals surface area contributed by atoms with Gasteiger partial charge in [-0.25, -0.2) is 0 Å². The molecule has 0 amide bonds. The fourth-order valence-electron chi connectivity index (χ4n) is 7.78. The van der Waals surface area contributed by atoms with Crippen molar-refractivity contribution in [3.8, 4) is 11.3 Å². The number of rotatable bonds is 6. The number of aryl methyl sites for hydroxylation is 1. The Balaban J connectivity index is 1.63. The second kappa shape index (κ2) is 11.2. The lowest BCUT2D eigenvalue weighted by atomic mass is 9.92. The Hall–Kier alpha value is -2.75. The lowest BCUT2D eigenvalue weighted by molar-refractivity contribution is 0.445. The normalized spacial score (nSPS) is 16.5. The standard InChI is InChI=1S/C38H45NSSi/c1-26(2)34-24-29(23-28-15-13-14-20-33(28)34)35-36-32(21-22-39-35)27(3)37(40-36)41(25-38(4,5)6,30-16-9-7-10-17-30)31-18-11-8-12-19-31/h7,9-10,13-17,20-24,26,31H,8,11-12,18-19,25H2,1-6H3. The van der Waals surface area contributed by atoms with Crippen molar-refractivity contribution in [1.29, 1.82) is 0 Å². The van der Waals surface area contributed by atoms with Crippen molar-refractivity contribution in [1.82, 2.24) is 4.98 Å². The fraction of sp³-hybridized carbons (Fsp3) is 0.395. The predicted octanol–water partition coefficient (Wildman–Crippen LogP) is 10.5. The van der Waals surface area contributed by atoms with E-state index < -0.39 is 8.07 Å². The number of thiophene rings is 1. The number of nitrogens with zero attached hydrogens (tertiary/aromatic N) is 1. The Labute approximate surface area is 252 Å². The van der Waals surface area contributed by atoms with Gasteiger partial charge in [0.05, 0.1) is 10.4 Å². The number of benzene rings is 3. The highest BCUT2D eigenvalue weighted by Gasteiger charge is 2.49. The smallest absolute Gasteiger partial charge is 0.134 e. The third-order valence-electron chi connectivity index (χ3n) is 9.45. The third kappa shape index (κ3) is 5.21. The monoisotopic (exact) mass is 575 g/mol. The molecule has 1 aliphatic rings. The van der Waals surface area contributed by atoms with Crippen molar-refractivity contribution in [2.24, 2.45) is 5.41 Å². The fourth-order valence-corrected chi connectivity index (χ4v) is 17.4. The zero-order valence-corrected chi connectivity index (χ0v) is 27.6. The summed E-state index contributed by atoms with van der Waals surface area (Å²) in [6, 6.07) is 29.0. The molecule has 2 aromatic heterocycles. The zero-order chi connectivity index (χ0) is 28.8. The zero-order valence-electron chi connectivity index (χ0n) is 25.8. The van der Waals surface area contributed by atoms with Crippen LogP contribution in [0.1, 0.15) is 83.8 Å². The van der Waals surface area contributed by atoms with Gasteiger partial charge in [0.1, 0.15) is 8.07 Å².